The van der Waals surface area contributed by atoms with Gasteiger partial charge >= 0.3 is 11.9 Å². The minimum atomic E-state index is -1.24. The number of para-hydroxylation sites is 1. The summed E-state index contributed by atoms with van der Waals surface area (Å²) in [5.74, 6) is -2.65. The summed E-state index contributed by atoms with van der Waals surface area (Å²) in [6.07, 6.45) is 0. The Morgan fingerprint density at radius 1 is 1.23 bits per heavy atom. The molecule has 0 spiro atoms. The van der Waals surface area contributed by atoms with E-state index in [0.717, 1.165) is 11.8 Å². The van der Waals surface area contributed by atoms with Crippen LogP contribution in [0.2, 0.25) is 0 Å². The molecule has 22 heavy (non-hydrogen) atoms. The van der Waals surface area contributed by atoms with E-state index in [1.165, 1.54) is 38.1 Å². The molecule has 0 fully saturated rings. The number of amides is 1. The first-order valence-electron chi connectivity index (χ1n) is 6.25. The molecule has 7 nitrogen and oxygen atoms in total. The van der Waals surface area contributed by atoms with Gasteiger partial charge in [0.25, 0.3) is 0 Å². The summed E-state index contributed by atoms with van der Waals surface area (Å²) in [6, 6.07) is 4.60. The molecule has 1 rings (SSSR count). The molecule has 1 atom stereocenters. The first-order valence-corrected chi connectivity index (χ1v) is 7.24. The van der Waals surface area contributed by atoms with Crippen molar-refractivity contribution in [2.24, 2.45) is 0 Å². The van der Waals surface area contributed by atoms with Crippen LogP contribution in [0.4, 0.5) is 0 Å². The molecule has 0 heterocycles. The smallest absolute Gasteiger partial charge is 0.339 e. The number of hydrogen-bond acceptors (Lipinski definition) is 6. The number of carboxylic acid groups (broad SMARTS) is 1. The number of esters is 1. The standard InChI is InChI=1S/C14H15NO6S/c1-8(16)15-11(7-22-9(2)17)14(20)21-12-6-4-3-5-10(12)13(18)19/h3-6,11H,7H2,1-2H3,(H,15,16)(H,18,19)/t11-/m1/s1. The molecule has 0 bridgehead atoms. The lowest BCUT2D eigenvalue weighted by Gasteiger charge is -2.16. The molecule has 0 aliphatic heterocycles. The van der Waals surface area contributed by atoms with Crippen molar-refractivity contribution >= 4 is 34.7 Å². The fraction of sp³-hybridized carbons (Fsp3) is 0.286. The number of nitrogens with one attached hydrogen (secondary N) is 1. The van der Waals surface area contributed by atoms with E-state index in [2.05, 4.69) is 5.32 Å². The molecule has 2 N–H and O–H groups in total. The highest BCUT2D eigenvalue weighted by Crippen LogP contribution is 2.19. The van der Waals surface area contributed by atoms with Gasteiger partial charge in [0.2, 0.25) is 5.91 Å². The summed E-state index contributed by atoms with van der Waals surface area (Å²) in [7, 11) is 0. The zero-order valence-electron chi connectivity index (χ0n) is 12.0. The van der Waals surface area contributed by atoms with Crippen LogP contribution < -0.4 is 10.1 Å². The number of carboxylic acids is 1. The first kappa shape index (κ1) is 17.7. The van der Waals surface area contributed by atoms with Gasteiger partial charge in [-0.1, -0.05) is 23.9 Å². The Bertz CT molecular complexity index is 601. The number of rotatable bonds is 6. The minimum absolute atomic E-state index is 0.00296. The predicted molar refractivity (Wildman–Crippen MR) is 79.8 cm³/mol. The van der Waals surface area contributed by atoms with Crippen LogP contribution in [0.1, 0.15) is 24.2 Å². The number of aromatic carboxylic acids is 1. The lowest BCUT2D eigenvalue weighted by atomic mass is 10.2. The van der Waals surface area contributed by atoms with Crippen LogP contribution in [-0.2, 0) is 14.4 Å². The lowest BCUT2D eigenvalue weighted by Crippen LogP contribution is -2.44. The van der Waals surface area contributed by atoms with Crippen LogP contribution in [0.3, 0.4) is 0 Å². The van der Waals surface area contributed by atoms with E-state index in [9.17, 15) is 19.2 Å². The molecular formula is C14H15NO6S. The Kier molecular flexibility index (Phi) is 6.58. The number of carbonyl (C=O) groups is 4. The first-order chi connectivity index (χ1) is 10.3. The lowest BCUT2D eigenvalue weighted by molar-refractivity contribution is -0.138. The van der Waals surface area contributed by atoms with Gasteiger partial charge in [-0.3, -0.25) is 9.59 Å². The second kappa shape index (κ2) is 8.18. The maximum Gasteiger partial charge on any atom is 0.339 e. The Balaban J connectivity index is 2.88. The van der Waals surface area contributed by atoms with Gasteiger partial charge in [0.1, 0.15) is 17.4 Å². The number of thioether (sulfide) groups is 1. The summed E-state index contributed by atoms with van der Waals surface area (Å²) in [6.45, 7) is 2.56. The van der Waals surface area contributed by atoms with E-state index in [1.54, 1.807) is 0 Å². The monoisotopic (exact) mass is 325 g/mol. The highest BCUT2D eigenvalue weighted by Gasteiger charge is 2.24. The topological polar surface area (TPSA) is 110 Å². The second-order valence-corrected chi connectivity index (χ2v) is 5.48. The van der Waals surface area contributed by atoms with Gasteiger partial charge in [-0.25, -0.2) is 9.59 Å². The molecule has 0 saturated heterocycles. The van der Waals surface area contributed by atoms with Crippen molar-refractivity contribution in [3.05, 3.63) is 29.8 Å². The van der Waals surface area contributed by atoms with E-state index in [-0.39, 0.29) is 22.2 Å². The van der Waals surface area contributed by atoms with Crippen LogP contribution in [0, 0.1) is 0 Å². The number of benzene rings is 1. The molecule has 118 valence electrons. The molecule has 8 heteroatoms. The van der Waals surface area contributed by atoms with Crippen molar-refractivity contribution in [3.8, 4) is 5.75 Å². The third kappa shape index (κ3) is 5.57. The molecule has 0 aromatic heterocycles. The Morgan fingerprint density at radius 2 is 1.86 bits per heavy atom. The summed E-state index contributed by atoms with van der Waals surface area (Å²) in [4.78, 5) is 45.2. The second-order valence-electron chi connectivity index (χ2n) is 4.28. The van der Waals surface area contributed by atoms with Crippen LogP contribution in [0.5, 0.6) is 5.75 Å². The molecule has 0 saturated carbocycles. The quantitative estimate of drug-likeness (QED) is 0.594. The summed E-state index contributed by atoms with van der Waals surface area (Å²) < 4.78 is 5.04. The number of carbonyl (C=O) groups excluding carboxylic acids is 3. The molecular weight excluding hydrogens is 310 g/mol. The summed E-state index contributed by atoms with van der Waals surface area (Å²) in [5, 5.41) is 11.2. The van der Waals surface area contributed by atoms with Crippen LogP contribution >= 0.6 is 11.8 Å². The molecule has 0 aliphatic carbocycles. The Morgan fingerprint density at radius 3 is 2.41 bits per heavy atom. The van der Waals surface area contributed by atoms with Crippen molar-refractivity contribution in [1.82, 2.24) is 5.32 Å². The van der Waals surface area contributed by atoms with E-state index < -0.39 is 23.9 Å². The fourth-order valence-electron chi connectivity index (χ4n) is 1.53. The average Bonchev–Trinajstić information content (AvgIpc) is 2.43. The van der Waals surface area contributed by atoms with Gasteiger partial charge in [-0.2, -0.15) is 0 Å². The molecule has 1 aromatic rings. The third-order valence-corrected chi connectivity index (χ3v) is 3.35. The fourth-order valence-corrected chi connectivity index (χ4v) is 2.15. The van der Waals surface area contributed by atoms with Crippen molar-refractivity contribution < 1.29 is 29.0 Å². The minimum Gasteiger partial charge on any atom is -0.478 e. The van der Waals surface area contributed by atoms with Crippen LogP contribution in [0.15, 0.2) is 24.3 Å². The SMILES string of the molecule is CC(=O)N[C@H](CSC(C)=O)C(=O)Oc1ccccc1C(=O)O. The van der Waals surface area contributed by atoms with Gasteiger partial charge in [0.05, 0.1) is 0 Å². The van der Waals surface area contributed by atoms with E-state index in [4.69, 9.17) is 9.84 Å². The van der Waals surface area contributed by atoms with Crippen LogP contribution in [0.25, 0.3) is 0 Å². The number of hydrogen-bond donors (Lipinski definition) is 2. The normalized spacial score (nSPS) is 11.4. The third-order valence-electron chi connectivity index (χ3n) is 2.44. The molecule has 1 amide bonds. The highest BCUT2D eigenvalue weighted by molar-refractivity contribution is 8.13. The molecule has 0 unspecified atom stereocenters. The van der Waals surface area contributed by atoms with Gasteiger partial charge in [-0.15, -0.1) is 0 Å². The Hall–Kier alpha value is -2.35. The zero-order valence-corrected chi connectivity index (χ0v) is 12.8. The van der Waals surface area contributed by atoms with E-state index >= 15 is 0 Å². The largest absolute Gasteiger partial charge is 0.478 e. The van der Waals surface area contributed by atoms with Crippen molar-refractivity contribution in [2.75, 3.05) is 5.75 Å². The van der Waals surface area contributed by atoms with Gasteiger partial charge < -0.3 is 15.2 Å². The molecule has 0 aliphatic rings. The average molecular weight is 325 g/mol. The number of ether oxygens (including phenoxy) is 1. The van der Waals surface area contributed by atoms with Gasteiger partial charge in [-0.05, 0) is 12.1 Å². The molecule has 1 aromatic carbocycles. The van der Waals surface area contributed by atoms with E-state index in [1.807, 2.05) is 0 Å². The summed E-state index contributed by atoms with van der Waals surface area (Å²) in [5.41, 5.74) is -0.170. The summed E-state index contributed by atoms with van der Waals surface area (Å²) >= 11 is 0.860. The highest BCUT2D eigenvalue weighted by atomic mass is 32.2. The van der Waals surface area contributed by atoms with Crippen molar-refractivity contribution in [1.29, 1.82) is 0 Å². The van der Waals surface area contributed by atoms with Gasteiger partial charge in [0, 0.05) is 19.6 Å². The van der Waals surface area contributed by atoms with Gasteiger partial charge in [0.15, 0.2) is 5.12 Å². The zero-order chi connectivity index (χ0) is 16.7. The van der Waals surface area contributed by atoms with Crippen molar-refractivity contribution in [3.63, 3.8) is 0 Å². The predicted octanol–water partition coefficient (Wildman–Crippen LogP) is 1.07. The van der Waals surface area contributed by atoms with Crippen LogP contribution in [-0.4, -0.2) is 39.9 Å². The molecule has 0 radical (unpaired) electrons. The van der Waals surface area contributed by atoms with E-state index in [0.29, 0.717) is 0 Å². The van der Waals surface area contributed by atoms with Crippen molar-refractivity contribution in [2.45, 2.75) is 19.9 Å². The maximum atomic E-state index is 12.1. The Labute approximate surface area is 131 Å². The maximum absolute atomic E-state index is 12.1.